The van der Waals surface area contributed by atoms with E-state index in [0.717, 1.165) is 31.5 Å². The van der Waals surface area contributed by atoms with Crippen LogP contribution in [0.1, 0.15) is 18.4 Å². The van der Waals surface area contributed by atoms with Gasteiger partial charge in [-0.3, -0.25) is 18.7 Å². The quantitative estimate of drug-likeness (QED) is 0.657. The van der Waals surface area contributed by atoms with E-state index in [2.05, 4.69) is 0 Å². The van der Waals surface area contributed by atoms with Crippen molar-refractivity contribution in [3.63, 3.8) is 0 Å². The molecule has 1 aromatic carbocycles. The number of rotatable bonds is 5. The van der Waals surface area contributed by atoms with Crippen LogP contribution in [-0.4, -0.2) is 40.1 Å². The van der Waals surface area contributed by atoms with Crippen molar-refractivity contribution in [3.05, 3.63) is 62.1 Å². The van der Waals surface area contributed by atoms with Gasteiger partial charge >= 0.3 is 5.69 Å². The molecule has 4 rings (SSSR count). The Balaban J connectivity index is 1.80. The Bertz CT molecular complexity index is 1140. The van der Waals surface area contributed by atoms with Gasteiger partial charge in [-0.25, -0.2) is 4.79 Å². The number of likely N-dealkylation sites (tertiary alicyclic amines) is 1. The first-order valence-corrected chi connectivity index (χ1v) is 10.1. The first-order chi connectivity index (χ1) is 13.6. The maximum atomic E-state index is 13.2. The minimum absolute atomic E-state index is 0.0573. The van der Waals surface area contributed by atoms with Crippen LogP contribution in [0.2, 0.25) is 0 Å². The minimum Gasteiger partial charge on any atom is -0.496 e. The van der Waals surface area contributed by atoms with E-state index in [0.29, 0.717) is 16.0 Å². The number of thiophene rings is 1. The van der Waals surface area contributed by atoms with Crippen LogP contribution < -0.4 is 16.0 Å². The molecular formula is C20H21N3O4S. The van der Waals surface area contributed by atoms with E-state index in [1.165, 1.54) is 20.5 Å². The number of hydrogen-bond donors (Lipinski definition) is 0. The highest BCUT2D eigenvalue weighted by atomic mass is 32.1. The molecule has 1 aliphatic rings. The number of ether oxygens (including phenoxy) is 1. The summed E-state index contributed by atoms with van der Waals surface area (Å²) >= 11 is 1.28. The number of para-hydroxylation sites is 1. The van der Waals surface area contributed by atoms with Gasteiger partial charge in [0.05, 0.1) is 19.2 Å². The second-order valence-electron chi connectivity index (χ2n) is 6.79. The summed E-state index contributed by atoms with van der Waals surface area (Å²) in [5.74, 6) is 0.523. The molecular weight excluding hydrogens is 378 g/mol. The molecule has 146 valence electrons. The number of carbonyl (C=O) groups is 1. The molecule has 0 bridgehead atoms. The summed E-state index contributed by atoms with van der Waals surface area (Å²) < 4.78 is 8.43. The molecule has 1 aliphatic heterocycles. The lowest BCUT2D eigenvalue weighted by Gasteiger charge is -2.18. The number of methoxy groups -OCH3 is 1. The van der Waals surface area contributed by atoms with E-state index in [-0.39, 0.29) is 24.6 Å². The molecule has 0 atom stereocenters. The average Bonchev–Trinajstić information content (AvgIpc) is 3.40. The van der Waals surface area contributed by atoms with Gasteiger partial charge in [-0.2, -0.15) is 0 Å². The Morgan fingerprint density at radius 2 is 1.86 bits per heavy atom. The van der Waals surface area contributed by atoms with Crippen molar-refractivity contribution in [1.29, 1.82) is 0 Å². The fourth-order valence-corrected chi connectivity index (χ4v) is 4.47. The van der Waals surface area contributed by atoms with Crippen LogP contribution in [0.4, 0.5) is 0 Å². The van der Waals surface area contributed by atoms with Crippen molar-refractivity contribution in [3.8, 4) is 5.75 Å². The highest BCUT2D eigenvalue weighted by molar-refractivity contribution is 7.17. The number of fused-ring (bicyclic) bond motifs is 1. The Morgan fingerprint density at radius 3 is 2.61 bits per heavy atom. The maximum absolute atomic E-state index is 13.2. The van der Waals surface area contributed by atoms with Crippen LogP contribution in [0.15, 0.2) is 45.3 Å². The predicted octanol–water partition coefficient (Wildman–Crippen LogP) is 1.90. The summed E-state index contributed by atoms with van der Waals surface area (Å²) in [6.07, 6.45) is 1.98. The summed E-state index contributed by atoms with van der Waals surface area (Å²) in [5, 5.41) is 1.77. The van der Waals surface area contributed by atoms with Gasteiger partial charge in [0.25, 0.3) is 5.56 Å². The van der Waals surface area contributed by atoms with E-state index in [4.69, 9.17) is 4.74 Å². The van der Waals surface area contributed by atoms with Crippen molar-refractivity contribution < 1.29 is 9.53 Å². The van der Waals surface area contributed by atoms with E-state index >= 15 is 0 Å². The summed E-state index contributed by atoms with van der Waals surface area (Å²) in [7, 11) is 1.55. The zero-order valence-corrected chi connectivity index (χ0v) is 16.4. The standard InChI is InChI=1S/C20H21N3O4S/c1-27-16-7-3-2-6-14(16)12-23-19(25)18-15(8-11-28-18)22(20(23)26)13-17(24)21-9-4-5-10-21/h2-3,6-8,11H,4-5,9-10,12-13H2,1H3. The van der Waals surface area contributed by atoms with Crippen molar-refractivity contribution in [2.45, 2.75) is 25.9 Å². The number of hydrogen-bond acceptors (Lipinski definition) is 5. The number of benzene rings is 1. The molecule has 1 saturated heterocycles. The molecule has 0 spiro atoms. The van der Waals surface area contributed by atoms with Crippen molar-refractivity contribution in [2.75, 3.05) is 20.2 Å². The molecule has 7 nitrogen and oxygen atoms in total. The summed E-state index contributed by atoms with van der Waals surface area (Å²) in [5.41, 5.74) is 0.432. The van der Waals surface area contributed by atoms with Gasteiger partial charge < -0.3 is 9.64 Å². The van der Waals surface area contributed by atoms with Crippen LogP contribution in [-0.2, 0) is 17.9 Å². The molecule has 0 radical (unpaired) electrons. The van der Waals surface area contributed by atoms with Crippen molar-refractivity contribution >= 4 is 27.5 Å². The Morgan fingerprint density at radius 1 is 1.11 bits per heavy atom. The van der Waals surface area contributed by atoms with Crippen LogP contribution >= 0.6 is 11.3 Å². The van der Waals surface area contributed by atoms with Gasteiger partial charge in [0.1, 0.15) is 17.0 Å². The molecule has 3 aromatic rings. The maximum Gasteiger partial charge on any atom is 0.332 e. The highest BCUT2D eigenvalue weighted by Crippen LogP contribution is 2.19. The molecule has 2 aromatic heterocycles. The third kappa shape index (κ3) is 3.24. The second-order valence-corrected chi connectivity index (χ2v) is 7.71. The first-order valence-electron chi connectivity index (χ1n) is 9.20. The van der Waals surface area contributed by atoms with Gasteiger partial charge in [-0.05, 0) is 30.4 Å². The van der Waals surface area contributed by atoms with Crippen molar-refractivity contribution in [2.24, 2.45) is 0 Å². The normalized spacial score (nSPS) is 14.0. The first kappa shape index (κ1) is 18.5. The smallest absolute Gasteiger partial charge is 0.332 e. The van der Waals surface area contributed by atoms with Gasteiger partial charge in [0.2, 0.25) is 5.91 Å². The molecule has 3 heterocycles. The van der Waals surface area contributed by atoms with Crippen LogP contribution in [0.5, 0.6) is 5.75 Å². The van der Waals surface area contributed by atoms with Crippen LogP contribution in [0.3, 0.4) is 0 Å². The fraction of sp³-hybridized carbons (Fsp3) is 0.350. The van der Waals surface area contributed by atoms with Crippen LogP contribution in [0, 0.1) is 0 Å². The molecule has 0 saturated carbocycles. The molecule has 1 fully saturated rings. The Kier molecular flexibility index (Phi) is 5.04. The van der Waals surface area contributed by atoms with E-state index in [9.17, 15) is 14.4 Å². The number of nitrogens with zero attached hydrogens (tertiary/aromatic N) is 3. The highest BCUT2D eigenvalue weighted by Gasteiger charge is 2.22. The summed E-state index contributed by atoms with van der Waals surface area (Å²) in [4.78, 5) is 40.5. The van der Waals surface area contributed by atoms with Gasteiger partial charge in [-0.15, -0.1) is 11.3 Å². The van der Waals surface area contributed by atoms with E-state index < -0.39 is 5.69 Å². The third-order valence-electron chi connectivity index (χ3n) is 5.11. The zero-order valence-electron chi connectivity index (χ0n) is 15.6. The second kappa shape index (κ2) is 7.63. The van der Waals surface area contributed by atoms with Gasteiger partial charge in [0, 0.05) is 18.7 Å². The predicted molar refractivity (Wildman–Crippen MR) is 108 cm³/mol. The monoisotopic (exact) mass is 399 g/mol. The molecule has 0 N–H and O–H groups in total. The van der Waals surface area contributed by atoms with E-state index in [1.54, 1.807) is 29.5 Å². The Labute approximate surface area is 165 Å². The number of carbonyl (C=O) groups excluding carboxylic acids is 1. The Hall–Kier alpha value is -2.87. The number of aromatic nitrogens is 2. The number of amides is 1. The average molecular weight is 399 g/mol. The van der Waals surface area contributed by atoms with Crippen LogP contribution in [0.25, 0.3) is 10.2 Å². The topological polar surface area (TPSA) is 73.5 Å². The van der Waals surface area contributed by atoms with Gasteiger partial charge in [0.15, 0.2) is 0 Å². The lowest BCUT2D eigenvalue weighted by Crippen LogP contribution is -2.43. The van der Waals surface area contributed by atoms with E-state index in [1.807, 2.05) is 18.2 Å². The van der Waals surface area contributed by atoms with Gasteiger partial charge in [-0.1, -0.05) is 18.2 Å². The van der Waals surface area contributed by atoms with Crippen molar-refractivity contribution in [1.82, 2.24) is 14.0 Å². The molecule has 28 heavy (non-hydrogen) atoms. The lowest BCUT2D eigenvalue weighted by atomic mass is 10.2. The third-order valence-corrected chi connectivity index (χ3v) is 6.00. The summed E-state index contributed by atoms with van der Waals surface area (Å²) in [6, 6.07) is 9.01. The zero-order chi connectivity index (χ0) is 19.7. The summed E-state index contributed by atoms with van der Waals surface area (Å²) in [6.45, 7) is 1.48. The molecule has 8 heteroatoms. The largest absolute Gasteiger partial charge is 0.496 e. The molecule has 0 aliphatic carbocycles. The SMILES string of the molecule is COc1ccccc1Cn1c(=O)c2sccc2n(CC(=O)N2CCCC2)c1=O. The molecule has 1 amide bonds. The minimum atomic E-state index is -0.477. The fourth-order valence-electron chi connectivity index (χ4n) is 3.63. The molecule has 0 unspecified atom stereocenters. The lowest BCUT2D eigenvalue weighted by molar-refractivity contribution is -0.130.